The van der Waals surface area contributed by atoms with E-state index in [0.717, 1.165) is 44.7 Å². The Bertz CT molecular complexity index is 611. The van der Waals surface area contributed by atoms with Gasteiger partial charge in [0.25, 0.3) is 5.69 Å². The SMILES string of the molecule is CC(=O)Nc1ccc(N2CCC3(CCNC3)C2)cc1[N+](=O)[O-]. The Morgan fingerprint density at radius 2 is 2.27 bits per heavy atom. The fourth-order valence-electron chi connectivity index (χ4n) is 3.46. The summed E-state index contributed by atoms with van der Waals surface area (Å²) >= 11 is 0. The highest BCUT2D eigenvalue weighted by Gasteiger charge is 2.40. The van der Waals surface area contributed by atoms with Gasteiger partial charge < -0.3 is 15.5 Å². The monoisotopic (exact) mass is 304 g/mol. The second-order valence-electron chi connectivity index (χ2n) is 6.24. The van der Waals surface area contributed by atoms with Gasteiger partial charge in [-0.25, -0.2) is 0 Å². The van der Waals surface area contributed by atoms with E-state index in [9.17, 15) is 14.9 Å². The molecule has 2 aliphatic heterocycles. The molecule has 3 rings (SSSR count). The summed E-state index contributed by atoms with van der Waals surface area (Å²) in [4.78, 5) is 24.2. The normalized spacial score (nSPS) is 24.0. The minimum atomic E-state index is -0.447. The second kappa shape index (κ2) is 5.57. The molecule has 118 valence electrons. The standard InChI is InChI=1S/C15H20N4O3/c1-11(20)17-13-3-2-12(8-14(13)19(21)22)18-7-5-15(10-18)4-6-16-9-15/h2-3,8,16H,4-7,9-10H2,1H3,(H,17,20). The number of hydrogen-bond acceptors (Lipinski definition) is 5. The third kappa shape index (κ3) is 2.76. The van der Waals surface area contributed by atoms with Crippen LogP contribution in [0.3, 0.4) is 0 Å². The van der Waals surface area contributed by atoms with Crippen LogP contribution in [0.5, 0.6) is 0 Å². The number of nitrogens with zero attached hydrogens (tertiary/aromatic N) is 2. The molecule has 1 unspecified atom stereocenters. The zero-order chi connectivity index (χ0) is 15.7. The number of nitro benzene ring substituents is 1. The third-order valence-electron chi connectivity index (χ3n) is 4.62. The molecule has 0 radical (unpaired) electrons. The molecule has 7 heteroatoms. The van der Waals surface area contributed by atoms with Crippen LogP contribution < -0.4 is 15.5 Å². The maximum absolute atomic E-state index is 11.2. The summed E-state index contributed by atoms with van der Waals surface area (Å²) in [6.45, 7) is 5.26. The molecule has 2 aliphatic rings. The lowest BCUT2D eigenvalue weighted by atomic mass is 9.86. The van der Waals surface area contributed by atoms with E-state index >= 15 is 0 Å². The lowest BCUT2D eigenvalue weighted by Gasteiger charge is -2.24. The first-order chi connectivity index (χ1) is 10.5. The van der Waals surface area contributed by atoms with Crippen molar-refractivity contribution >= 4 is 23.0 Å². The quantitative estimate of drug-likeness (QED) is 0.656. The van der Waals surface area contributed by atoms with Crippen molar-refractivity contribution in [2.75, 3.05) is 36.4 Å². The number of carbonyl (C=O) groups is 1. The first-order valence-corrected chi connectivity index (χ1v) is 7.51. The summed E-state index contributed by atoms with van der Waals surface area (Å²) in [5, 5.41) is 17.2. The highest BCUT2D eigenvalue weighted by Crippen LogP contribution is 2.39. The Morgan fingerprint density at radius 1 is 1.45 bits per heavy atom. The van der Waals surface area contributed by atoms with E-state index in [1.54, 1.807) is 12.1 Å². The molecule has 1 aromatic rings. The van der Waals surface area contributed by atoms with E-state index in [0.29, 0.717) is 5.41 Å². The molecule has 2 heterocycles. The predicted octanol–water partition coefficient (Wildman–Crippen LogP) is 1.74. The number of hydrogen-bond donors (Lipinski definition) is 2. The van der Waals surface area contributed by atoms with Gasteiger partial charge in [-0.2, -0.15) is 0 Å². The van der Waals surface area contributed by atoms with Crippen molar-refractivity contribution in [1.82, 2.24) is 5.32 Å². The van der Waals surface area contributed by atoms with Gasteiger partial charge in [0.15, 0.2) is 0 Å². The van der Waals surface area contributed by atoms with Crippen molar-refractivity contribution in [3.63, 3.8) is 0 Å². The van der Waals surface area contributed by atoms with E-state index in [-0.39, 0.29) is 17.3 Å². The molecule has 2 N–H and O–H groups in total. The first kappa shape index (κ1) is 14.8. The number of rotatable bonds is 3. The van der Waals surface area contributed by atoms with Gasteiger partial charge in [0.05, 0.1) is 4.92 Å². The van der Waals surface area contributed by atoms with Crippen molar-refractivity contribution in [3.8, 4) is 0 Å². The average molecular weight is 304 g/mol. The van der Waals surface area contributed by atoms with E-state index in [1.165, 1.54) is 6.92 Å². The Labute approximate surface area is 128 Å². The van der Waals surface area contributed by atoms with Crippen molar-refractivity contribution in [3.05, 3.63) is 28.3 Å². The Kier molecular flexibility index (Phi) is 3.74. The summed E-state index contributed by atoms with van der Waals surface area (Å²) in [6.07, 6.45) is 2.27. The molecule has 7 nitrogen and oxygen atoms in total. The number of carbonyl (C=O) groups excluding carboxylic acids is 1. The summed E-state index contributed by atoms with van der Waals surface area (Å²) in [7, 11) is 0. The first-order valence-electron chi connectivity index (χ1n) is 7.51. The van der Waals surface area contributed by atoms with Crippen molar-refractivity contribution in [1.29, 1.82) is 0 Å². The zero-order valence-corrected chi connectivity index (χ0v) is 12.6. The molecule has 2 fully saturated rings. The third-order valence-corrected chi connectivity index (χ3v) is 4.62. The van der Waals surface area contributed by atoms with Crippen molar-refractivity contribution < 1.29 is 9.72 Å². The van der Waals surface area contributed by atoms with E-state index in [4.69, 9.17) is 0 Å². The summed E-state index contributed by atoms with van der Waals surface area (Å²) in [6, 6.07) is 5.03. The lowest BCUT2D eigenvalue weighted by Crippen LogP contribution is -2.29. The van der Waals surface area contributed by atoms with Gasteiger partial charge in [0.1, 0.15) is 5.69 Å². The van der Waals surface area contributed by atoms with Gasteiger partial charge in [-0.05, 0) is 31.5 Å². The van der Waals surface area contributed by atoms with Gasteiger partial charge >= 0.3 is 0 Å². The van der Waals surface area contributed by atoms with Crippen LogP contribution in [0.2, 0.25) is 0 Å². The number of amides is 1. The van der Waals surface area contributed by atoms with Crippen LogP contribution in [0.25, 0.3) is 0 Å². The Balaban J connectivity index is 1.84. The molecular weight excluding hydrogens is 284 g/mol. The molecule has 1 amide bonds. The van der Waals surface area contributed by atoms with Crippen LogP contribution in [-0.2, 0) is 4.79 Å². The largest absolute Gasteiger partial charge is 0.371 e. The number of nitro groups is 1. The molecule has 2 saturated heterocycles. The highest BCUT2D eigenvalue weighted by molar-refractivity contribution is 5.91. The number of anilines is 2. The van der Waals surface area contributed by atoms with Gasteiger partial charge in [-0.15, -0.1) is 0 Å². The summed E-state index contributed by atoms with van der Waals surface area (Å²) < 4.78 is 0. The number of benzene rings is 1. The summed E-state index contributed by atoms with van der Waals surface area (Å²) in [5.41, 5.74) is 1.35. The van der Waals surface area contributed by atoms with Crippen LogP contribution in [-0.4, -0.2) is 37.0 Å². The van der Waals surface area contributed by atoms with Crippen LogP contribution in [0, 0.1) is 15.5 Å². The lowest BCUT2D eigenvalue weighted by molar-refractivity contribution is -0.383. The van der Waals surface area contributed by atoms with E-state index in [2.05, 4.69) is 15.5 Å². The van der Waals surface area contributed by atoms with Crippen LogP contribution in [0.15, 0.2) is 18.2 Å². The molecule has 0 bridgehead atoms. The zero-order valence-electron chi connectivity index (χ0n) is 12.6. The van der Waals surface area contributed by atoms with E-state index < -0.39 is 4.92 Å². The average Bonchev–Trinajstić information content (AvgIpc) is 3.09. The molecule has 1 atom stereocenters. The highest BCUT2D eigenvalue weighted by atomic mass is 16.6. The molecule has 0 saturated carbocycles. The van der Waals surface area contributed by atoms with Crippen LogP contribution in [0.1, 0.15) is 19.8 Å². The fourth-order valence-corrected chi connectivity index (χ4v) is 3.46. The fraction of sp³-hybridized carbons (Fsp3) is 0.533. The molecular formula is C15H20N4O3. The molecule has 1 aromatic carbocycles. The molecule has 22 heavy (non-hydrogen) atoms. The van der Waals surface area contributed by atoms with Gasteiger partial charge in [-0.1, -0.05) is 0 Å². The smallest absolute Gasteiger partial charge is 0.294 e. The summed E-state index contributed by atoms with van der Waals surface area (Å²) in [5.74, 6) is -0.312. The second-order valence-corrected chi connectivity index (χ2v) is 6.24. The molecule has 0 aromatic heterocycles. The minimum Gasteiger partial charge on any atom is -0.371 e. The van der Waals surface area contributed by atoms with Crippen molar-refractivity contribution in [2.24, 2.45) is 5.41 Å². The molecule has 1 spiro atoms. The Hall–Kier alpha value is -2.15. The van der Waals surface area contributed by atoms with Crippen molar-refractivity contribution in [2.45, 2.75) is 19.8 Å². The Morgan fingerprint density at radius 3 is 2.91 bits per heavy atom. The van der Waals surface area contributed by atoms with Crippen LogP contribution in [0.4, 0.5) is 17.1 Å². The van der Waals surface area contributed by atoms with Crippen LogP contribution >= 0.6 is 0 Å². The molecule has 0 aliphatic carbocycles. The van der Waals surface area contributed by atoms with Gasteiger partial charge in [-0.3, -0.25) is 14.9 Å². The topological polar surface area (TPSA) is 87.5 Å². The number of nitrogens with one attached hydrogen (secondary N) is 2. The van der Waals surface area contributed by atoms with Gasteiger partial charge in [0, 0.05) is 43.7 Å². The maximum atomic E-state index is 11.2. The van der Waals surface area contributed by atoms with Gasteiger partial charge in [0.2, 0.25) is 5.91 Å². The predicted molar refractivity (Wildman–Crippen MR) is 84.1 cm³/mol. The minimum absolute atomic E-state index is 0.0572. The van der Waals surface area contributed by atoms with E-state index in [1.807, 2.05) is 6.07 Å². The maximum Gasteiger partial charge on any atom is 0.294 e.